The lowest BCUT2D eigenvalue weighted by Gasteiger charge is -2.19. The lowest BCUT2D eigenvalue weighted by molar-refractivity contribution is 0.0905. The van der Waals surface area contributed by atoms with Crippen LogP contribution in [0.3, 0.4) is 0 Å². The Morgan fingerprint density at radius 3 is 2.38 bits per heavy atom. The molecule has 1 aromatic rings. The number of ether oxygens (including phenoxy) is 1. The molecule has 7 heteroatoms. The fourth-order valence-electron chi connectivity index (χ4n) is 1.78. The molecule has 0 aliphatic heterocycles. The molecule has 0 radical (unpaired) electrons. The molecule has 1 atom stereocenters. The Bertz CT molecular complexity index is 569. The van der Waals surface area contributed by atoms with Crippen LogP contribution in [0, 0.1) is 0 Å². The molecule has 1 amide bonds. The Balaban J connectivity index is 2.81. The first kappa shape index (κ1) is 17.5. The van der Waals surface area contributed by atoms with Gasteiger partial charge in [0.1, 0.15) is 0 Å². The fraction of sp³-hybridized carbons (Fsp3) is 0.500. The van der Waals surface area contributed by atoms with E-state index in [-0.39, 0.29) is 17.7 Å². The highest BCUT2D eigenvalue weighted by molar-refractivity contribution is 7.92. The molecule has 1 N–H and O–H groups in total. The molecular weight excluding hydrogens is 292 g/mol. The van der Waals surface area contributed by atoms with Crippen LogP contribution in [0.25, 0.3) is 0 Å². The number of carbonyl (C=O) groups excluding carboxylic acids is 1. The summed E-state index contributed by atoms with van der Waals surface area (Å²) in [5.41, 5.74) is 1.00. The summed E-state index contributed by atoms with van der Waals surface area (Å²) < 4.78 is 29.7. The molecule has 0 unspecified atom stereocenters. The molecule has 0 fully saturated rings. The van der Waals surface area contributed by atoms with E-state index < -0.39 is 10.0 Å². The maximum absolute atomic E-state index is 12.0. The summed E-state index contributed by atoms with van der Waals surface area (Å²) in [6.45, 7) is 3.86. The van der Waals surface area contributed by atoms with Gasteiger partial charge in [0, 0.05) is 25.8 Å². The summed E-state index contributed by atoms with van der Waals surface area (Å²) in [7, 11) is -0.229. The molecule has 0 aliphatic rings. The zero-order chi connectivity index (χ0) is 16.0. The number of carbonyl (C=O) groups is 1. The summed E-state index contributed by atoms with van der Waals surface area (Å²) in [4.78, 5) is 12.0. The fourth-order valence-corrected chi connectivity index (χ4v) is 2.61. The first-order valence-electron chi connectivity index (χ1n) is 6.68. The van der Waals surface area contributed by atoms with E-state index in [4.69, 9.17) is 4.74 Å². The van der Waals surface area contributed by atoms with Crippen LogP contribution in [0.2, 0.25) is 0 Å². The summed E-state index contributed by atoms with van der Waals surface area (Å²) in [5, 5.41) is 2.79. The summed E-state index contributed by atoms with van der Waals surface area (Å²) in [6.07, 6.45) is 0. The quantitative estimate of drug-likeness (QED) is 0.821. The molecule has 0 bridgehead atoms. The maximum Gasteiger partial charge on any atom is 0.251 e. The molecule has 1 aromatic carbocycles. The van der Waals surface area contributed by atoms with E-state index >= 15 is 0 Å². The van der Waals surface area contributed by atoms with E-state index in [9.17, 15) is 13.2 Å². The van der Waals surface area contributed by atoms with Crippen molar-refractivity contribution >= 4 is 21.6 Å². The summed E-state index contributed by atoms with van der Waals surface area (Å²) in [5.74, 6) is -0.188. The molecule has 6 nitrogen and oxygen atoms in total. The Hall–Kier alpha value is -1.60. The average molecular weight is 314 g/mol. The van der Waals surface area contributed by atoms with Gasteiger partial charge in [-0.2, -0.15) is 0 Å². The topological polar surface area (TPSA) is 75.7 Å². The third kappa shape index (κ3) is 4.71. The molecule has 21 heavy (non-hydrogen) atoms. The molecule has 0 aliphatic carbocycles. The van der Waals surface area contributed by atoms with Crippen molar-refractivity contribution in [1.29, 1.82) is 0 Å². The van der Waals surface area contributed by atoms with Gasteiger partial charge >= 0.3 is 0 Å². The van der Waals surface area contributed by atoms with Crippen LogP contribution in [0.1, 0.15) is 24.2 Å². The Labute approximate surface area is 126 Å². The molecule has 0 saturated carbocycles. The van der Waals surface area contributed by atoms with Crippen LogP contribution in [0.5, 0.6) is 0 Å². The van der Waals surface area contributed by atoms with Crippen LogP contribution in [0.4, 0.5) is 5.69 Å². The maximum atomic E-state index is 12.0. The second kappa shape index (κ2) is 7.42. The standard InChI is InChI=1S/C14H22N2O4S/c1-5-21(18,19)16(3)13-8-6-12(7-9-13)14(17)15-11(2)10-20-4/h6-9,11H,5,10H2,1-4H3,(H,15,17)/t11-/m0/s1. The van der Waals surface area contributed by atoms with Gasteiger partial charge in [-0.1, -0.05) is 0 Å². The van der Waals surface area contributed by atoms with Gasteiger partial charge in [-0.25, -0.2) is 8.42 Å². The van der Waals surface area contributed by atoms with E-state index in [0.29, 0.717) is 17.9 Å². The highest BCUT2D eigenvalue weighted by Crippen LogP contribution is 2.17. The van der Waals surface area contributed by atoms with Gasteiger partial charge < -0.3 is 10.1 Å². The first-order chi connectivity index (χ1) is 9.81. The second-order valence-corrected chi connectivity index (χ2v) is 7.03. The van der Waals surface area contributed by atoms with Crippen LogP contribution in [-0.4, -0.2) is 46.9 Å². The van der Waals surface area contributed by atoms with Gasteiger partial charge in [0.05, 0.1) is 18.0 Å². The number of anilines is 1. The zero-order valence-corrected chi connectivity index (χ0v) is 13.6. The number of nitrogens with zero attached hydrogens (tertiary/aromatic N) is 1. The molecule has 0 aromatic heterocycles. The number of hydrogen-bond acceptors (Lipinski definition) is 4. The lowest BCUT2D eigenvalue weighted by atomic mass is 10.2. The minimum atomic E-state index is -3.29. The van der Waals surface area contributed by atoms with Crippen LogP contribution >= 0.6 is 0 Å². The zero-order valence-electron chi connectivity index (χ0n) is 12.8. The third-order valence-electron chi connectivity index (χ3n) is 3.07. The van der Waals surface area contributed by atoms with Crippen molar-refractivity contribution in [2.75, 3.05) is 30.8 Å². The van der Waals surface area contributed by atoms with Crippen LogP contribution in [-0.2, 0) is 14.8 Å². The minimum Gasteiger partial charge on any atom is -0.383 e. The molecule has 0 heterocycles. The van der Waals surface area contributed by atoms with E-state index in [0.717, 1.165) is 0 Å². The number of sulfonamides is 1. The predicted octanol–water partition coefficient (Wildman–Crippen LogP) is 1.24. The van der Waals surface area contributed by atoms with Crippen molar-refractivity contribution in [3.63, 3.8) is 0 Å². The Morgan fingerprint density at radius 1 is 1.33 bits per heavy atom. The number of benzene rings is 1. The normalized spacial score (nSPS) is 12.8. The number of hydrogen-bond donors (Lipinski definition) is 1. The van der Waals surface area contributed by atoms with Crippen molar-refractivity contribution in [2.24, 2.45) is 0 Å². The molecule has 118 valence electrons. The van der Waals surface area contributed by atoms with E-state index in [1.807, 2.05) is 6.92 Å². The molecular formula is C14H22N2O4S. The number of methoxy groups -OCH3 is 1. The van der Waals surface area contributed by atoms with Crippen molar-refractivity contribution in [3.8, 4) is 0 Å². The van der Waals surface area contributed by atoms with Gasteiger partial charge in [0.2, 0.25) is 10.0 Å². The molecule has 0 saturated heterocycles. The number of nitrogens with one attached hydrogen (secondary N) is 1. The minimum absolute atomic E-state index is 0.0280. The first-order valence-corrected chi connectivity index (χ1v) is 8.29. The van der Waals surface area contributed by atoms with Crippen molar-refractivity contribution < 1.29 is 17.9 Å². The smallest absolute Gasteiger partial charge is 0.251 e. The lowest BCUT2D eigenvalue weighted by Crippen LogP contribution is -2.35. The molecule has 1 rings (SSSR count). The highest BCUT2D eigenvalue weighted by atomic mass is 32.2. The van der Waals surface area contributed by atoms with Crippen LogP contribution < -0.4 is 9.62 Å². The van der Waals surface area contributed by atoms with Crippen molar-refractivity contribution in [2.45, 2.75) is 19.9 Å². The largest absolute Gasteiger partial charge is 0.383 e. The second-order valence-electron chi connectivity index (χ2n) is 4.74. The molecule has 0 spiro atoms. The summed E-state index contributed by atoms with van der Waals surface area (Å²) in [6, 6.07) is 6.34. The SMILES string of the molecule is CCS(=O)(=O)N(C)c1ccc(C(=O)N[C@@H](C)COC)cc1. The van der Waals surface area contributed by atoms with Gasteiger partial charge in [-0.3, -0.25) is 9.10 Å². The average Bonchev–Trinajstić information content (AvgIpc) is 2.46. The van der Waals surface area contributed by atoms with Gasteiger partial charge in [-0.05, 0) is 38.1 Å². The van der Waals surface area contributed by atoms with Gasteiger partial charge in [0.15, 0.2) is 0 Å². The van der Waals surface area contributed by atoms with Gasteiger partial charge in [0.25, 0.3) is 5.91 Å². The van der Waals surface area contributed by atoms with Gasteiger partial charge in [-0.15, -0.1) is 0 Å². The van der Waals surface area contributed by atoms with Crippen molar-refractivity contribution in [1.82, 2.24) is 5.32 Å². The number of amides is 1. The van der Waals surface area contributed by atoms with E-state index in [2.05, 4.69) is 5.32 Å². The van der Waals surface area contributed by atoms with E-state index in [1.165, 1.54) is 11.4 Å². The Kier molecular flexibility index (Phi) is 6.17. The predicted molar refractivity (Wildman–Crippen MR) is 83.1 cm³/mol. The monoisotopic (exact) mass is 314 g/mol. The van der Waals surface area contributed by atoms with Crippen molar-refractivity contribution in [3.05, 3.63) is 29.8 Å². The van der Waals surface area contributed by atoms with Crippen LogP contribution in [0.15, 0.2) is 24.3 Å². The highest BCUT2D eigenvalue weighted by Gasteiger charge is 2.16. The summed E-state index contributed by atoms with van der Waals surface area (Å²) >= 11 is 0. The Morgan fingerprint density at radius 2 is 1.90 bits per heavy atom. The third-order valence-corrected chi connectivity index (χ3v) is 4.84. The van der Waals surface area contributed by atoms with E-state index in [1.54, 1.807) is 38.3 Å². The number of rotatable bonds is 7.